The summed E-state index contributed by atoms with van der Waals surface area (Å²) in [4.78, 5) is 0. The Bertz CT molecular complexity index is 325. The lowest BCUT2D eigenvalue weighted by atomic mass is 9.92. The predicted octanol–water partition coefficient (Wildman–Crippen LogP) is 2.13. The highest BCUT2D eigenvalue weighted by molar-refractivity contribution is 5.13. The van der Waals surface area contributed by atoms with Crippen molar-refractivity contribution in [2.45, 2.75) is 44.2 Å². The summed E-state index contributed by atoms with van der Waals surface area (Å²) in [5.41, 5.74) is 1.14. The topological polar surface area (TPSA) is 38.7 Å². The van der Waals surface area contributed by atoms with Gasteiger partial charge < -0.3 is 14.6 Å². The molecule has 0 aromatic heterocycles. The Morgan fingerprint density at radius 1 is 1.18 bits per heavy atom. The van der Waals surface area contributed by atoms with Crippen molar-refractivity contribution in [2.75, 3.05) is 7.11 Å². The maximum atomic E-state index is 10.1. The van der Waals surface area contributed by atoms with Gasteiger partial charge in [0.25, 0.3) is 0 Å². The van der Waals surface area contributed by atoms with E-state index >= 15 is 0 Å². The standard InChI is InChI=1S/C14H20O3/c1-16-12-8-5-9-13(14(12)15)17-10-11-6-3-2-4-7-11/h2-4,6-7,12-15H,5,8-10H2,1H3/t12-,13+,14+/m1/s1. The van der Waals surface area contributed by atoms with Crippen LogP contribution in [0.4, 0.5) is 0 Å². The summed E-state index contributed by atoms with van der Waals surface area (Å²) in [7, 11) is 1.65. The molecule has 3 nitrogen and oxygen atoms in total. The van der Waals surface area contributed by atoms with E-state index in [0.29, 0.717) is 6.61 Å². The van der Waals surface area contributed by atoms with E-state index in [2.05, 4.69) is 0 Å². The monoisotopic (exact) mass is 236 g/mol. The van der Waals surface area contributed by atoms with E-state index in [0.717, 1.165) is 24.8 Å². The van der Waals surface area contributed by atoms with Gasteiger partial charge in [-0.05, 0) is 24.8 Å². The van der Waals surface area contributed by atoms with Crippen LogP contribution in [0.15, 0.2) is 30.3 Å². The molecule has 0 radical (unpaired) electrons. The lowest BCUT2D eigenvalue weighted by Gasteiger charge is -2.33. The first kappa shape index (κ1) is 12.6. The maximum Gasteiger partial charge on any atom is 0.106 e. The largest absolute Gasteiger partial charge is 0.388 e. The van der Waals surface area contributed by atoms with E-state index < -0.39 is 6.10 Å². The SMILES string of the molecule is CO[C@@H]1CCC[C@H](OCc2ccccc2)[C@H]1O. The summed E-state index contributed by atoms with van der Waals surface area (Å²) in [6.07, 6.45) is 2.20. The Hall–Kier alpha value is -0.900. The quantitative estimate of drug-likeness (QED) is 0.870. The van der Waals surface area contributed by atoms with E-state index in [4.69, 9.17) is 9.47 Å². The Morgan fingerprint density at radius 2 is 1.88 bits per heavy atom. The van der Waals surface area contributed by atoms with E-state index in [1.807, 2.05) is 30.3 Å². The molecule has 1 aromatic rings. The molecule has 0 saturated heterocycles. The molecule has 1 aliphatic rings. The van der Waals surface area contributed by atoms with Gasteiger partial charge in [-0.1, -0.05) is 30.3 Å². The molecule has 1 saturated carbocycles. The molecular weight excluding hydrogens is 216 g/mol. The molecule has 0 bridgehead atoms. The van der Waals surface area contributed by atoms with E-state index in [1.54, 1.807) is 7.11 Å². The van der Waals surface area contributed by atoms with Gasteiger partial charge in [0.1, 0.15) is 6.10 Å². The van der Waals surface area contributed by atoms with Gasteiger partial charge in [-0.25, -0.2) is 0 Å². The molecule has 0 aliphatic heterocycles. The minimum atomic E-state index is -0.502. The number of benzene rings is 1. The van der Waals surface area contributed by atoms with Crippen LogP contribution >= 0.6 is 0 Å². The zero-order chi connectivity index (χ0) is 12.1. The number of aliphatic hydroxyl groups excluding tert-OH is 1. The first-order valence-corrected chi connectivity index (χ1v) is 6.17. The summed E-state index contributed by atoms with van der Waals surface area (Å²) in [5.74, 6) is 0. The average molecular weight is 236 g/mol. The third kappa shape index (κ3) is 3.28. The third-order valence-corrected chi connectivity index (χ3v) is 3.35. The van der Waals surface area contributed by atoms with Gasteiger partial charge in [0.15, 0.2) is 0 Å². The lowest BCUT2D eigenvalue weighted by Crippen LogP contribution is -2.43. The number of aliphatic hydroxyl groups is 1. The van der Waals surface area contributed by atoms with Crippen LogP contribution in [-0.2, 0) is 16.1 Å². The van der Waals surface area contributed by atoms with E-state index in [9.17, 15) is 5.11 Å². The maximum absolute atomic E-state index is 10.1. The summed E-state index contributed by atoms with van der Waals surface area (Å²) in [6, 6.07) is 10.0. The molecule has 1 aliphatic carbocycles. The number of methoxy groups -OCH3 is 1. The van der Waals surface area contributed by atoms with E-state index in [-0.39, 0.29) is 12.2 Å². The molecule has 94 valence electrons. The third-order valence-electron chi connectivity index (χ3n) is 3.35. The zero-order valence-electron chi connectivity index (χ0n) is 10.2. The van der Waals surface area contributed by atoms with Crippen LogP contribution in [0.2, 0.25) is 0 Å². The van der Waals surface area contributed by atoms with Crippen LogP contribution in [0, 0.1) is 0 Å². The van der Waals surface area contributed by atoms with Crippen LogP contribution in [0.1, 0.15) is 24.8 Å². The Balaban J connectivity index is 1.86. The molecule has 0 amide bonds. The fourth-order valence-electron chi connectivity index (χ4n) is 2.32. The summed E-state index contributed by atoms with van der Waals surface area (Å²) < 4.78 is 11.0. The van der Waals surface area contributed by atoms with Crippen LogP contribution in [0.25, 0.3) is 0 Å². The van der Waals surface area contributed by atoms with Crippen molar-refractivity contribution in [2.24, 2.45) is 0 Å². The van der Waals surface area contributed by atoms with Crippen molar-refractivity contribution in [1.82, 2.24) is 0 Å². The molecule has 1 aromatic carbocycles. The van der Waals surface area contributed by atoms with Gasteiger partial charge in [0.2, 0.25) is 0 Å². The fraction of sp³-hybridized carbons (Fsp3) is 0.571. The Kier molecular flexibility index (Phi) is 4.54. The van der Waals surface area contributed by atoms with Crippen LogP contribution in [0.5, 0.6) is 0 Å². The second-order valence-corrected chi connectivity index (χ2v) is 4.53. The van der Waals surface area contributed by atoms with Crippen molar-refractivity contribution >= 4 is 0 Å². The van der Waals surface area contributed by atoms with Crippen molar-refractivity contribution in [3.8, 4) is 0 Å². The lowest BCUT2D eigenvalue weighted by molar-refractivity contribution is -0.128. The second-order valence-electron chi connectivity index (χ2n) is 4.53. The first-order chi connectivity index (χ1) is 8.31. The molecule has 1 N–H and O–H groups in total. The van der Waals surface area contributed by atoms with Gasteiger partial charge in [-0.15, -0.1) is 0 Å². The van der Waals surface area contributed by atoms with Crippen LogP contribution in [0.3, 0.4) is 0 Å². The highest BCUT2D eigenvalue weighted by Gasteiger charge is 2.32. The summed E-state index contributed by atoms with van der Waals surface area (Å²) >= 11 is 0. The first-order valence-electron chi connectivity index (χ1n) is 6.17. The molecule has 0 heterocycles. The molecule has 1 fully saturated rings. The van der Waals surface area contributed by atoms with E-state index in [1.165, 1.54) is 0 Å². The highest BCUT2D eigenvalue weighted by atomic mass is 16.5. The highest BCUT2D eigenvalue weighted by Crippen LogP contribution is 2.24. The van der Waals surface area contributed by atoms with Crippen LogP contribution < -0.4 is 0 Å². The fourth-order valence-corrected chi connectivity index (χ4v) is 2.32. The smallest absolute Gasteiger partial charge is 0.106 e. The Labute approximate surface area is 102 Å². The second kappa shape index (κ2) is 6.15. The molecule has 3 heteroatoms. The van der Waals surface area contributed by atoms with Gasteiger partial charge in [-0.3, -0.25) is 0 Å². The number of ether oxygens (including phenoxy) is 2. The van der Waals surface area contributed by atoms with Crippen molar-refractivity contribution in [3.05, 3.63) is 35.9 Å². The number of hydrogen-bond donors (Lipinski definition) is 1. The van der Waals surface area contributed by atoms with Gasteiger partial charge in [0.05, 0.1) is 18.8 Å². The van der Waals surface area contributed by atoms with Crippen molar-refractivity contribution < 1.29 is 14.6 Å². The molecule has 0 spiro atoms. The van der Waals surface area contributed by atoms with Gasteiger partial charge in [-0.2, -0.15) is 0 Å². The molecular formula is C14H20O3. The average Bonchev–Trinajstić information content (AvgIpc) is 2.39. The molecule has 0 unspecified atom stereocenters. The summed E-state index contributed by atoms with van der Waals surface area (Å²) in [6.45, 7) is 0.555. The van der Waals surface area contributed by atoms with Crippen molar-refractivity contribution in [1.29, 1.82) is 0 Å². The molecule has 3 atom stereocenters. The van der Waals surface area contributed by atoms with Crippen LogP contribution in [-0.4, -0.2) is 30.5 Å². The predicted molar refractivity (Wildman–Crippen MR) is 65.7 cm³/mol. The van der Waals surface area contributed by atoms with Gasteiger partial charge >= 0.3 is 0 Å². The minimum absolute atomic E-state index is 0.0791. The zero-order valence-corrected chi connectivity index (χ0v) is 10.2. The van der Waals surface area contributed by atoms with Crippen molar-refractivity contribution in [3.63, 3.8) is 0 Å². The normalized spacial score (nSPS) is 29.2. The number of rotatable bonds is 4. The molecule has 17 heavy (non-hydrogen) atoms. The minimum Gasteiger partial charge on any atom is -0.388 e. The summed E-state index contributed by atoms with van der Waals surface area (Å²) in [5, 5.41) is 10.1. The van der Waals surface area contributed by atoms with Gasteiger partial charge in [0, 0.05) is 7.11 Å². The Morgan fingerprint density at radius 3 is 2.59 bits per heavy atom. The molecule has 2 rings (SSSR count). The number of hydrogen-bond acceptors (Lipinski definition) is 3.